The van der Waals surface area contributed by atoms with Gasteiger partial charge in [-0.3, -0.25) is 9.59 Å². The largest absolute Gasteiger partial charge is 0.484 e. The summed E-state index contributed by atoms with van der Waals surface area (Å²) in [5.74, 6) is 0.320. The van der Waals surface area contributed by atoms with E-state index in [2.05, 4.69) is 21.2 Å². The lowest BCUT2D eigenvalue weighted by molar-refractivity contribution is -0.142. The summed E-state index contributed by atoms with van der Waals surface area (Å²) in [6, 6.07) is 15.0. The lowest BCUT2D eigenvalue weighted by atomic mass is 10.1. The van der Waals surface area contributed by atoms with Crippen molar-refractivity contribution >= 4 is 27.7 Å². The fourth-order valence-electron chi connectivity index (χ4n) is 3.74. The van der Waals surface area contributed by atoms with Crippen LogP contribution in [0, 0.1) is 6.92 Å². The van der Waals surface area contributed by atoms with Gasteiger partial charge in [0.2, 0.25) is 5.91 Å². The Hall–Kier alpha value is -2.34. The maximum absolute atomic E-state index is 13.1. The third kappa shape index (κ3) is 6.33. The first-order valence-electron chi connectivity index (χ1n) is 10.5. The van der Waals surface area contributed by atoms with Crippen LogP contribution in [0.15, 0.2) is 53.0 Å². The number of rotatable bonds is 8. The molecule has 3 rings (SSSR count). The fraction of sp³-hybridized carbons (Fsp3) is 0.417. The molecule has 0 spiro atoms. The van der Waals surface area contributed by atoms with Gasteiger partial charge in [0.15, 0.2) is 6.61 Å². The Kier molecular flexibility index (Phi) is 7.91. The Morgan fingerprint density at radius 3 is 2.60 bits per heavy atom. The van der Waals surface area contributed by atoms with Crippen LogP contribution in [0.5, 0.6) is 5.75 Å². The van der Waals surface area contributed by atoms with Crippen molar-refractivity contribution in [3.63, 3.8) is 0 Å². The van der Waals surface area contributed by atoms with Gasteiger partial charge in [-0.15, -0.1) is 0 Å². The first kappa shape index (κ1) is 22.3. The third-order valence-electron chi connectivity index (χ3n) is 5.46. The molecule has 1 N–H and O–H groups in total. The van der Waals surface area contributed by atoms with E-state index < -0.39 is 6.04 Å². The van der Waals surface area contributed by atoms with Crippen LogP contribution in [0.25, 0.3) is 0 Å². The van der Waals surface area contributed by atoms with Crippen LogP contribution in [-0.4, -0.2) is 35.4 Å². The third-order valence-corrected chi connectivity index (χ3v) is 5.96. The van der Waals surface area contributed by atoms with E-state index in [-0.39, 0.29) is 24.5 Å². The van der Waals surface area contributed by atoms with Crippen molar-refractivity contribution in [3.05, 3.63) is 64.1 Å². The van der Waals surface area contributed by atoms with Crippen molar-refractivity contribution < 1.29 is 14.3 Å². The summed E-state index contributed by atoms with van der Waals surface area (Å²) in [4.78, 5) is 27.5. The second-order valence-corrected chi connectivity index (χ2v) is 8.84. The molecule has 1 unspecified atom stereocenters. The molecular weight excluding hydrogens is 444 g/mol. The van der Waals surface area contributed by atoms with E-state index in [1.165, 1.54) is 0 Å². The topological polar surface area (TPSA) is 58.6 Å². The Bertz CT molecular complexity index is 880. The van der Waals surface area contributed by atoms with Gasteiger partial charge in [0, 0.05) is 17.1 Å². The molecule has 2 amide bonds. The molecule has 160 valence electrons. The highest BCUT2D eigenvalue weighted by atomic mass is 79.9. The lowest BCUT2D eigenvalue weighted by Crippen LogP contribution is -2.50. The Labute approximate surface area is 186 Å². The van der Waals surface area contributed by atoms with E-state index in [9.17, 15) is 9.59 Å². The Balaban J connectivity index is 1.71. The molecule has 2 aromatic carbocycles. The van der Waals surface area contributed by atoms with Crippen molar-refractivity contribution in [1.29, 1.82) is 0 Å². The van der Waals surface area contributed by atoms with E-state index in [4.69, 9.17) is 4.74 Å². The average molecular weight is 473 g/mol. The summed E-state index contributed by atoms with van der Waals surface area (Å²) >= 11 is 3.47. The Morgan fingerprint density at radius 2 is 1.90 bits per heavy atom. The molecule has 2 aromatic rings. The zero-order valence-electron chi connectivity index (χ0n) is 17.6. The summed E-state index contributed by atoms with van der Waals surface area (Å²) in [7, 11) is 0. The second kappa shape index (κ2) is 10.6. The van der Waals surface area contributed by atoms with Gasteiger partial charge >= 0.3 is 0 Å². The van der Waals surface area contributed by atoms with Crippen LogP contribution >= 0.6 is 15.9 Å². The van der Waals surface area contributed by atoms with Gasteiger partial charge in [-0.05, 0) is 62.1 Å². The van der Waals surface area contributed by atoms with Crippen molar-refractivity contribution in [2.24, 2.45) is 0 Å². The lowest BCUT2D eigenvalue weighted by Gasteiger charge is -2.29. The molecule has 30 heavy (non-hydrogen) atoms. The number of halogens is 1. The summed E-state index contributed by atoms with van der Waals surface area (Å²) in [6.07, 6.45) is 4.30. The number of amides is 2. The summed E-state index contributed by atoms with van der Waals surface area (Å²) in [6.45, 7) is 3.99. The van der Waals surface area contributed by atoms with E-state index in [0.717, 1.165) is 41.3 Å². The SMILES string of the molecule is Cc1cccc(OCC(=O)N(Cc2cccc(Br)c2)C(C)C(=O)NC2CCCC2)c1. The molecule has 0 aromatic heterocycles. The van der Waals surface area contributed by atoms with Crippen LogP contribution in [0.4, 0.5) is 0 Å². The molecule has 1 aliphatic carbocycles. The molecule has 1 atom stereocenters. The van der Waals surface area contributed by atoms with Crippen LogP contribution in [-0.2, 0) is 16.1 Å². The molecule has 6 heteroatoms. The summed E-state index contributed by atoms with van der Waals surface area (Å²) in [5, 5.41) is 3.11. The fourth-order valence-corrected chi connectivity index (χ4v) is 4.19. The zero-order chi connectivity index (χ0) is 21.5. The van der Waals surface area contributed by atoms with Crippen molar-refractivity contribution in [3.8, 4) is 5.75 Å². The number of hydrogen-bond acceptors (Lipinski definition) is 3. The smallest absolute Gasteiger partial charge is 0.261 e. The number of nitrogens with zero attached hydrogens (tertiary/aromatic N) is 1. The number of carbonyl (C=O) groups is 2. The maximum Gasteiger partial charge on any atom is 0.261 e. The minimum Gasteiger partial charge on any atom is -0.484 e. The van der Waals surface area contributed by atoms with Crippen LogP contribution in [0.2, 0.25) is 0 Å². The van der Waals surface area contributed by atoms with Crippen LogP contribution < -0.4 is 10.1 Å². The van der Waals surface area contributed by atoms with Gasteiger partial charge in [-0.25, -0.2) is 0 Å². The number of ether oxygens (including phenoxy) is 1. The van der Waals surface area contributed by atoms with Gasteiger partial charge < -0.3 is 15.0 Å². The number of nitrogens with one attached hydrogen (secondary N) is 1. The molecule has 1 fully saturated rings. The van der Waals surface area contributed by atoms with E-state index in [1.54, 1.807) is 11.8 Å². The molecule has 5 nitrogen and oxygen atoms in total. The van der Waals surface area contributed by atoms with Crippen LogP contribution in [0.3, 0.4) is 0 Å². The monoisotopic (exact) mass is 472 g/mol. The van der Waals surface area contributed by atoms with Crippen molar-refractivity contribution in [2.75, 3.05) is 6.61 Å². The van der Waals surface area contributed by atoms with E-state index in [0.29, 0.717) is 12.3 Å². The van der Waals surface area contributed by atoms with Gasteiger partial charge in [-0.1, -0.05) is 53.0 Å². The first-order valence-corrected chi connectivity index (χ1v) is 11.3. The quantitative estimate of drug-likeness (QED) is 0.609. The van der Waals surface area contributed by atoms with Gasteiger partial charge in [0.05, 0.1) is 0 Å². The summed E-state index contributed by atoms with van der Waals surface area (Å²) in [5.41, 5.74) is 2.02. The van der Waals surface area contributed by atoms with Gasteiger partial charge in [0.1, 0.15) is 11.8 Å². The van der Waals surface area contributed by atoms with Gasteiger partial charge in [0.25, 0.3) is 5.91 Å². The normalized spacial score (nSPS) is 14.9. The number of aryl methyl sites for hydroxylation is 1. The van der Waals surface area contributed by atoms with E-state index in [1.807, 2.05) is 55.5 Å². The van der Waals surface area contributed by atoms with Crippen molar-refractivity contribution in [1.82, 2.24) is 10.2 Å². The number of hydrogen-bond donors (Lipinski definition) is 1. The minimum atomic E-state index is -0.585. The van der Waals surface area contributed by atoms with Gasteiger partial charge in [-0.2, -0.15) is 0 Å². The second-order valence-electron chi connectivity index (χ2n) is 7.92. The molecule has 1 aliphatic rings. The molecule has 0 aliphatic heterocycles. The highest BCUT2D eigenvalue weighted by molar-refractivity contribution is 9.10. The predicted molar refractivity (Wildman–Crippen MR) is 121 cm³/mol. The first-order chi connectivity index (χ1) is 14.4. The summed E-state index contributed by atoms with van der Waals surface area (Å²) < 4.78 is 6.66. The maximum atomic E-state index is 13.1. The van der Waals surface area contributed by atoms with Crippen molar-refractivity contribution in [2.45, 2.75) is 58.2 Å². The zero-order valence-corrected chi connectivity index (χ0v) is 19.2. The highest BCUT2D eigenvalue weighted by Gasteiger charge is 2.28. The standard InChI is InChI=1S/C24H29BrN2O3/c1-17-7-5-12-22(13-17)30-16-23(28)27(15-19-8-6-9-20(25)14-19)18(2)24(29)26-21-10-3-4-11-21/h5-9,12-14,18,21H,3-4,10-11,15-16H2,1-2H3,(H,26,29). The molecule has 0 heterocycles. The molecule has 0 bridgehead atoms. The Morgan fingerprint density at radius 1 is 1.17 bits per heavy atom. The molecular formula is C24H29BrN2O3. The molecule has 0 saturated heterocycles. The molecule has 1 saturated carbocycles. The highest BCUT2D eigenvalue weighted by Crippen LogP contribution is 2.19. The number of benzene rings is 2. The molecule has 0 radical (unpaired) electrons. The average Bonchev–Trinajstić information content (AvgIpc) is 3.23. The van der Waals surface area contributed by atoms with Crippen LogP contribution in [0.1, 0.15) is 43.7 Å². The predicted octanol–water partition coefficient (Wildman–Crippen LogP) is 4.61. The van der Waals surface area contributed by atoms with E-state index >= 15 is 0 Å². The minimum absolute atomic E-state index is 0.110. The number of carbonyl (C=O) groups excluding carboxylic acids is 2.